The minimum Gasteiger partial charge on any atom is -0.488 e. The number of aromatic nitrogens is 2. The maximum atomic E-state index is 15.3. The van der Waals surface area contributed by atoms with Crippen molar-refractivity contribution in [3.63, 3.8) is 0 Å². The summed E-state index contributed by atoms with van der Waals surface area (Å²) in [6, 6.07) is 6.97. The van der Waals surface area contributed by atoms with Gasteiger partial charge in [-0.25, -0.2) is 23.0 Å². The minimum atomic E-state index is -2.50. The van der Waals surface area contributed by atoms with Gasteiger partial charge in [0.15, 0.2) is 0 Å². The number of halogens is 2. The smallest absolute Gasteiger partial charge is 0.146 e. The largest absolute Gasteiger partial charge is 0.488 e. The van der Waals surface area contributed by atoms with E-state index >= 15 is 4.39 Å². The van der Waals surface area contributed by atoms with Crippen LogP contribution >= 0.6 is 0 Å². The molecule has 0 amide bonds. The zero-order chi connectivity index (χ0) is 25.1. The number of ether oxygens (including phenoxy) is 3. The molecule has 0 unspecified atom stereocenters. The summed E-state index contributed by atoms with van der Waals surface area (Å²) in [4.78, 5) is 8.42. The van der Waals surface area contributed by atoms with Crippen molar-refractivity contribution in [2.75, 3.05) is 37.1 Å². The van der Waals surface area contributed by atoms with Gasteiger partial charge in [-0.1, -0.05) is 0 Å². The van der Waals surface area contributed by atoms with Gasteiger partial charge in [0.2, 0.25) is 0 Å². The second-order valence-electron chi connectivity index (χ2n) is 8.95. The minimum absolute atomic E-state index is 0.0751. The van der Waals surface area contributed by atoms with Crippen LogP contribution in [0.2, 0.25) is 0 Å². The predicted molar refractivity (Wildman–Crippen MR) is 134 cm³/mol. The predicted octanol–water partition coefficient (Wildman–Crippen LogP) is 5.12. The SMILES string of the molecule is COC1CCC(Oc2cc(F)ccc2Nc2ncnc3cc(N=S4(=O)CCOCC4)cc(F)c23)CC1. The second-order valence-corrected chi connectivity index (χ2v) is 11.5. The first-order valence-corrected chi connectivity index (χ1v) is 13.8. The molecule has 1 aliphatic heterocycles. The number of anilines is 2. The molecule has 5 rings (SSSR count). The molecule has 8 nitrogen and oxygen atoms in total. The van der Waals surface area contributed by atoms with E-state index in [2.05, 4.69) is 19.6 Å². The van der Waals surface area contributed by atoms with Gasteiger partial charge >= 0.3 is 0 Å². The summed E-state index contributed by atoms with van der Waals surface area (Å²) < 4.78 is 63.5. The van der Waals surface area contributed by atoms with E-state index in [9.17, 15) is 8.60 Å². The molecule has 36 heavy (non-hydrogen) atoms. The van der Waals surface area contributed by atoms with Crippen LogP contribution in [-0.2, 0) is 19.2 Å². The van der Waals surface area contributed by atoms with Gasteiger partial charge in [-0.05, 0) is 43.9 Å². The lowest BCUT2D eigenvalue weighted by molar-refractivity contribution is 0.0329. The monoisotopic (exact) mass is 518 g/mol. The molecule has 2 aliphatic rings. The number of methoxy groups -OCH3 is 1. The zero-order valence-electron chi connectivity index (χ0n) is 19.9. The molecule has 1 aliphatic carbocycles. The molecule has 2 aromatic carbocycles. The van der Waals surface area contributed by atoms with E-state index in [1.165, 1.54) is 30.6 Å². The van der Waals surface area contributed by atoms with Crippen LogP contribution < -0.4 is 10.1 Å². The highest BCUT2D eigenvalue weighted by Crippen LogP contribution is 2.35. The van der Waals surface area contributed by atoms with Crippen LogP contribution in [0.15, 0.2) is 41.0 Å². The first-order valence-electron chi connectivity index (χ1n) is 11.9. The summed E-state index contributed by atoms with van der Waals surface area (Å²) in [5, 5.41) is 3.24. The van der Waals surface area contributed by atoms with Crippen molar-refractivity contribution < 1.29 is 27.2 Å². The molecule has 3 aromatic rings. The summed E-state index contributed by atoms with van der Waals surface area (Å²) in [6.45, 7) is 0.731. The molecule has 2 heterocycles. The highest BCUT2D eigenvalue weighted by Gasteiger charge is 2.24. The molecular formula is C25H28F2N4O4S. The molecular weight excluding hydrogens is 490 g/mol. The quantitative estimate of drug-likeness (QED) is 0.484. The Labute approximate surface area is 208 Å². The zero-order valence-corrected chi connectivity index (χ0v) is 20.7. The van der Waals surface area contributed by atoms with Gasteiger partial charge in [-0.2, -0.15) is 4.36 Å². The number of hydrogen-bond acceptors (Lipinski definition) is 8. The third kappa shape index (κ3) is 5.58. The second kappa shape index (κ2) is 10.6. The van der Waals surface area contributed by atoms with E-state index in [0.29, 0.717) is 41.7 Å². The molecule has 11 heteroatoms. The van der Waals surface area contributed by atoms with E-state index < -0.39 is 21.4 Å². The Balaban J connectivity index is 1.44. The van der Waals surface area contributed by atoms with Gasteiger partial charge in [0.25, 0.3) is 0 Å². The van der Waals surface area contributed by atoms with Crippen LogP contribution in [0.3, 0.4) is 0 Å². The molecule has 192 valence electrons. The molecule has 0 atom stereocenters. The van der Waals surface area contributed by atoms with Crippen molar-refractivity contribution in [1.29, 1.82) is 0 Å². The molecule has 0 spiro atoms. The maximum absolute atomic E-state index is 15.3. The molecule has 0 bridgehead atoms. The van der Waals surface area contributed by atoms with Crippen LogP contribution in [0.5, 0.6) is 5.75 Å². The Morgan fingerprint density at radius 1 is 1.06 bits per heavy atom. The number of hydrogen-bond donors (Lipinski definition) is 1. The fourth-order valence-corrected chi connectivity index (χ4v) is 6.16. The van der Waals surface area contributed by atoms with Crippen molar-refractivity contribution in [2.45, 2.75) is 37.9 Å². The summed E-state index contributed by atoms with van der Waals surface area (Å²) in [6.07, 6.45) is 4.77. The van der Waals surface area contributed by atoms with E-state index in [1.807, 2.05) is 0 Å². The van der Waals surface area contributed by atoms with Gasteiger partial charge in [0.05, 0.1) is 68.9 Å². The lowest BCUT2D eigenvalue weighted by Gasteiger charge is -2.28. The third-order valence-corrected chi connectivity index (χ3v) is 8.64. The average Bonchev–Trinajstić information content (AvgIpc) is 2.86. The van der Waals surface area contributed by atoms with Crippen molar-refractivity contribution in [2.24, 2.45) is 4.36 Å². The Morgan fingerprint density at radius 2 is 1.81 bits per heavy atom. The standard InChI is InChI=1S/C25H28F2N4O4S/c1-33-18-3-5-19(6-4-18)35-23-12-16(26)2-7-21(23)30-25-24-20(27)13-17(14-22(24)28-15-29-25)31-36(32)10-8-34-9-11-36/h2,7,12-15,18-19H,3-6,8-11H2,1H3,(H,28,29,30). The molecule has 1 saturated carbocycles. The molecule has 2 fully saturated rings. The van der Waals surface area contributed by atoms with Crippen LogP contribution in [0.25, 0.3) is 10.9 Å². The van der Waals surface area contributed by atoms with E-state index in [0.717, 1.165) is 25.7 Å². The average molecular weight is 519 g/mol. The molecule has 1 saturated heterocycles. The van der Waals surface area contributed by atoms with Crippen molar-refractivity contribution >= 4 is 37.8 Å². The number of benzene rings is 2. The normalized spacial score (nSPS) is 21.8. The Hall–Kier alpha value is -2.89. The van der Waals surface area contributed by atoms with Gasteiger partial charge in [-0.3, -0.25) is 0 Å². The van der Waals surface area contributed by atoms with Gasteiger partial charge in [0.1, 0.15) is 29.5 Å². The summed E-state index contributed by atoms with van der Waals surface area (Å²) >= 11 is 0. The molecule has 0 radical (unpaired) electrons. The van der Waals surface area contributed by atoms with Gasteiger partial charge in [0, 0.05) is 19.2 Å². The molecule has 1 N–H and O–H groups in total. The van der Waals surface area contributed by atoms with Crippen LogP contribution in [0.1, 0.15) is 25.7 Å². The van der Waals surface area contributed by atoms with Gasteiger partial charge in [-0.15, -0.1) is 0 Å². The summed E-state index contributed by atoms with van der Waals surface area (Å²) in [5.41, 5.74) is 1.03. The fraction of sp³-hybridized carbons (Fsp3) is 0.440. The van der Waals surface area contributed by atoms with Crippen molar-refractivity contribution in [3.05, 3.63) is 48.3 Å². The Morgan fingerprint density at radius 3 is 2.56 bits per heavy atom. The Kier molecular flexibility index (Phi) is 7.31. The van der Waals surface area contributed by atoms with Crippen LogP contribution in [0, 0.1) is 11.6 Å². The first kappa shape index (κ1) is 24.8. The number of fused-ring (bicyclic) bond motifs is 1. The highest BCUT2D eigenvalue weighted by atomic mass is 32.2. The lowest BCUT2D eigenvalue weighted by atomic mass is 9.95. The van der Waals surface area contributed by atoms with Gasteiger partial charge < -0.3 is 19.5 Å². The van der Waals surface area contributed by atoms with Crippen molar-refractivity contribution in [3.8, 4) is 5.75 Å². The number of nitrogens with one attached hydrogen (secondary N) is 1. The Bertz CT molecular complexity index is 1360. The summed E-state index contributed by atoms with van der Waals surface area (Å²) in [7, 11) is -0.800. The lowest BCUT2D eigenvalue weighted by Crippen LogP contribution is -2.27. The number of rotatable bonds is 6. The fourth-order valence-electron chi connectivity index (χ4n) is 4.53. The van der Waals surface area contributed by atoms with Crippen LogP contribution in [0.4, 0.5) is 26.0 Å². The van der Waals surface area contributed by atoms with E-state index in [1.54, 1.807) is 13.2 Å². The topological polar surface area (TPSA) is 94.9 Å². The molecule has 1 aromatic heterocycles. The van der Waals surface area contributed by atoms with E-state index in [-0.39, 0.29) is 29.1 Å². The van der Waals surface area contributed by atoms with Crippen molar-refractivity contribution in [1.82, 2.24) is 9.97 Å². The number of nitrogens with zero attached hydrogens (tertiary/aromatic N) is 3. The first-order chi connectivity index (χ1) is 17.4. The summed E-state index contributed by atoms with van der Waals surface area (Å²) in [5.74, 6) is 0.109. The van der Waals surface area contributed by atoms with E-state index in [4.69, 9.17) is 14.2 Å². The highest BCUT2D eigenvalue weighted by molar-refractivity contribution is 7.93. The third-order valence-electron chi connectivity index (χ3n) is 6.48. The van der Waals surface area contributed by atoms with Crippen LogP contribution in [-0.4, -0.2) is 58.2 Å². The maximum Gasteiger partial charge on any atom is 0.146 e.